The zero-order valence-corrected chi connectivity index (χ0v) is 9.38. The summed E-state index contributed by atoms with van der Waals surface area (Å²) < 4.78 is 0. The van der Waals surface area contributed by atoms with Crippen LogP contribution in [0.3, 0.4) is 0 Å². The molecular formula is C14H17O. The van der Waals surface area contributed by atoms with Crippen molar-refractivity contribution in [1.82, 2.24) is 0 Å². The van der Waals surface area contributed by atoms with Gasteiger partial charge in [-0.15, -0.1) is 6.42 Å². The molecule has 0 aliphatic rings. The summed E-state index contributed by atoms with van der Waals surface area (Å²) in [7, 11) is 0. The Bertz CT molecular complexity index is 360. The molecule has 79 valence electrons. The molecule has 1 aromatic carbocycles. The third kappa shape index (κ3) is 2.61. The minimum atomic E-state index is 0.0598. The van der Waals surface area contributed by atoms with Crippen LogP contribution in [0.2, 0.25) is 0 Å². The zero-order valence-electron chi connectivity index (χ0n) is 9.38. The van der Waals surface area contributed by atoms with Crippen molar-refractivity contribution in [1.29, 1.82) is 0 Å². The lowest BCUT2D eigenvalue weighted by Gasteiger charge is -2.13. The van der Waals surface area contributed by atoms with Crippen molar-refractivity contribution in [3.05, 3.63) is 40.8 Å². The number of aryl methyl sites for hydroxylation is 1. The van der Waals surface area contributed by atoms with Crippen LogP contribution in [0.25, 0.3) is 0 Å². The number of hydrogen-bond acceptors (Lipinski definition) is 1. The van der Waals surface area contributed by atoms with Crippen molar-refractivity contribution in [3.63, 3.8) is 0 Å². The third-order valence-electron chi connectivity index (χ3n) is 2.51. The number of rotatable bonds is 4. The average Bonchev–Trinajstić information content (AvgIpc) is 2.28. The fraction of sp³-hybridized carbons (Fsp3) is 0.357. The maximum atomic E-state index is 9.12. The van der Waals surface area contributed by atoms with Crippen molar-refractivity contribution < 1.29 is 5.11 Å². The summed E-state index contributed by atoms with van der Waals surface area (Å²) in [4.78, 5) is 0. The molecule has 0 spiro atoms. The lowest BCUT2D eigenvalue weighted by molar-refractivity contribution is 0.315. The standard InChI is InChI=1S/C14H17O/c1-4-7-12-8-6-9-14(11(3)10-15)13(12)5-2/h2,6,8-9,15H,4,7,10H2,1,3H3. The summed E-state index contributed by atoms with van der Waals surface area (Å²) in [6, 6.07) is 6.03. The zero-order chi connectivity index (χ0) is 11.3. The van der Waals surface area contributed by atoms with Gasteiger partial charge in [-0.1, -0.05) is 44.4 Å². The van der Waals surface area contributed by atoms with Gasteiger partial charge in [-0.2, -0.15) is 0 Å². The first kappa shape index (κ1) is 11.8. The van der Waals surface area contributed by atoms with Gasteiger partial charge in [-0.05, 0) is 17.5 Å². The normalized spacial score (nSPS) is 10.3. The first-order valence-electron chi connectivity index (χ1n) is 5.26. The van der Waals surface area contributed by atoms with Crippen LogP contribution < -0.4 is 0 Å². The van der Waals surface area contributed by atoms with Crippen molar-refractivity contribution in [2.75, 3.05) is 6.61 Å². The Morgan fingerprint density at radius 3 is 2.73 bits per heavy atom. The maximum absolute atomic E-state index is 9.12. The predicted molar refractivity (Wildman–Crippen MR) is 63.5 cm³/mol. The predicted octanol–water partition coefficient (Wildman–Crippen LogP) is 2.56. The second-order valence-corrected chi connectivity index (χ2v) is 3.67. The molecule has 0 unspecified atom stereocenters. The Labute approximate surface area is 92.1 Å². The van der Waals surface area contributed by atoms with E-state index in [4.69, 9.17) is 11.5 Å². The average molecular weight is 201 g/mol. The summed E-state index contributed by atoms with van der Waals surface area (Å²) in [5.74, 6) is 3.66. The second kappa shape index (κ2) is 5.58. The first-order chi connectivity index (χ1) is 7.24. The molecule has 0 amide bonds. The van der Waals surface area contributed by atoms with Crippen molar-refractivity contribution in [2.24, 2.45) is 0 Å². The molecule has 1 radical (unpaired) electrons. The highest BCUT2D eigenvalue weighted by atomic mass is 16.3. The molecule has 0 saturated heterocycles. The van der Waals surface area contributed by atoms with Gasteiger partial charge in [-0.3, -0.25) is 0 Å². The van der Waals surface area contributed by atoms with Gasteiger partial charge in [0.25, 0.3) is 0 Å². The van der Waals surface area contributed by atoms with Crippen LogP contribution in [-0.4, -0.2) is 11.7 Å². The topological polar surface area (TPSA) is 20.2 Å². The van der Waals surface area contributed by atoms with E-state index in [2.05, 4.69) is 18.9 Å². The highest BCUT2D eigenvalue weighted by molar-refractivity contribution is 5.51. The number of hydrogen-bond donors (Lipinski definition) is 1. The van der Waals surface area contributed by atoms with E-state index in [-0.39, 0.29) is 6.61 Å². The molecule has 1 nitrogen and oxygen atoms in total. The number of benzene rings is 1. The molecule has 0 bridgehead atoms. The van der Waals surface area contributed by atoms with Gasteiger partial charge in [0.1, 0.15) is 0 Å². The molecule has 0 atom stereocenters. The second-order valence-electron chi connectivity index (χ2n) is 3.67. The molecule has 0 aliphatic carbocycles. The summed E-state index contributed by atoms with van der Waals surface area (Å²) in [6.07, 6.45) is 7.60. The van der Waals surface area contributed by atoms with Crippen molar-refractivity contribution in [3.8, 4) is 12.3 Å². The van der Waals surface area contributed by atoms with Crippen LogP contribution >= 0.6 is 0 Å². The summed E-state index contributed by atoms with van der Waals surface area (Å²) in [5.41, 5.74) is 3.14. The molecule has 15 heavy (non-hydrogen) atoms. The van der Waals surface area contributed by atoms with E-state index >= 15 is 0 Å². The van der Waals surface area contributed by atoms with Crippen LogP contribution in [0.15, 0.2) is 18.2 Å². The Kier molecular flexibility index (Phi) is 4.39. The van der Waals surface area contributed by atoms with Crippen LogP contribution in [-0.2, 0) is 6.42 Å². The Morgan fingerprint density at radius 1 is 1.47 bits per heavy atom. The minimum Gasteiger partial charge on any atom is -0.395 e. The molecule has 1 rings (SSSR count). The van der Waals surface area contributed by atoms with E-state index in [1.54, 1.807) is 0 Å². The lowest BCUT2D eigenvalue weighted by atomic mass is 9.91. The van der Waals surface area contributed by atoms with Crippen LogP contribution in [0.4, 0.5) is 0 Å². The molecule has 0 aliphatic heterocycles. The van der Waals surface area contributed by atoms with Gasteiger partial charge in [0.15, 0.2) is 0 Å². The van der Waals surface area contributed by atoms with Crippen molar-refractivity contribution >= 4 is 0 Å². The third-order valence-corrected chi connectivity index (χ3v) is 2.51. The molecule has 1 heteroatoms. The first-order valence-corrected chi connectivity index (χ1v) is 5.26. The molecule has 1 aromatic rings. The fourth-order valence-corrected chi connectivity index (χ4v) is 1.69. The lowest BCUT2D eigenvalue weighted by Crippen LogP contribution is -2.05. The highest BCUT2D eigenvalue weighted by Crippen LogP contribution is 2.22. The summed E-state index contributed by atoms with van der Waals surface area (Å²) >= 11 is 0. The monoisotopic (exact) mass is 201 g/mol. The van der Waals surface area contributed by atoms with Gasteiger partial charge < -0.3 is 5.11 Å². The smallest absolute Gasteiger partial charge is 0.0535 e. The van der Waals surface area contributed by atoms with Gasteiger partial charge in [0.05, 0.1) is 6.61 Å². The molecule has 0 heterocycles. The van der Waals surface area contributed by atoms with Gasteiger partial charge >= 0.3 is 0 Å². The van der Waals surface area contributed by atoms with E-state index in [0.717, 1.165) is 29.9 Å². The van der Waals surface area contributed by atoms with Gasteiger partial charge in [0.2, 0.25) is 0 Å². The summed E-state index contributed by atoms with van der Waals surface area (Å²) in [5, 5.41) is 9.12. The highest BCUT2D eigenvalue weighted by Gasteiger charge is 2.11. The van der Waals surface area contributed by atoms with E-state index in [1.807, 2.05) is 19.1 Å². The Hall–Kier alpha value is -1.26. The van der Waals surface area contributed by atoms with Crippen LogP contribution in [0.1, 0.15) is 37.0 Å². The molecule has 0 saturated carbocycles. The maximum Gasteiger partial charge on any atom is 0.0535 e. The largest absolute Gasteiger partial charge is 0.395 e. The molecule has 1 N–H and O–H groups in total. The molecular weight excluding hydrogens is 184 g/mol. The van der Waals surface area contributed by atoms with Gasteiger partial charge in [0, 0.05) is 11.5 Å². The quantitative estimate of drug-likeness (QED) is 0.742. The minimum absolute atomic E-state index is 0.0598. The Balaban J connectivity index is 3.17. The van der Waals surface area contributed by atoms with Crippen molar-refractivity contribution in [2.45, 2.75) is 26.7 Å². The van der Waals surface area contributed by atoms with E-state index < -0.39 is 0 Å². The van der Waals surface area contributed by atoms with Gasteiger partial charge in [-0.25, -0.2) is 0 Å². The van der Waals surface area contributed by atoms with E-state index in [9.17, 15) is 0 Å². The fourth-order valence-electron chi connectivity index (χ4n) is 1.69. The van der Waals surface area contributed by atoms with Crippen LogP contribution in [0.5, 0.6) is 0 Å². The Morgan fingerprint density at radius 2 is 2.20 bits per heavy atom. The number of aliphatic hydroxyl groups is 1. The van der Waals surface area contributed by atoms with E-state index in [1.165, 1.54) is 5.56 Å². The number of terminal acetylenes is 1. The summed E-state index contributed by atoms with van der Waals surface area (Å²) in [6.45, 7) is 4.10. The number of aliphatic hydroxyl groups excluding tert-OH is 1. The van der Waals surface area contributed by atoms with E-state index in [0.29, 0.717) is 0 Å². The molecule has 0 aromatic heterocycles. The SMILES string of the molecule is C#Cc1c(CCC)cccc1[C](C)CO. The van der Waals surface area contributed by atoms with Crippen LogP contribution in [0, 0.1) is 18.3 Å². The molecule has 0 fully saturated rings.